The van der Waals surface area contributed by atoms with Crippen LogP contribution in [0.1, 0.15) is 24.6 Å². The molecule has 1 fully saturated rings. The summed E-state index contributed by atoms with van der Waals surface area (Å²) in [6.45, 7) is 2.66. The first-order valence-corrected chi connectivity index (χ1v) is 9.03. The summed E-state index contributed by atoms with van der Waals surface area (Å²) in [7, 11) is 0. The largest absolute Gasteiger partial charge is 0.368 e. The summed E-state index contributed by atoms with van der Waals surface area (Å²) in [6.07, 6.45) is 1.34. The molecule has 0 aliphatic carbocycles. The Labute approximate surface area is 141 Å². The molecular weight excluding hydrogens is 334 g/mol. The van der Waals surface area contributed by atoms with Crippen LogP contribution < -0.4 is 10.6 Å². The molecule has 8 heteroatoms. The lowest BCUT2D eigenvalue weighted by atomic mass is 10.2. The molecule has 0 bridgehead atoms. The van der Waals surface area contributed by atoms with E-state index in [9.17, 15) is 9.59 Å². The molecule has 6 nitrogen and oxygen atoms in total. The minimum atomic E-state index is -0.353. The van der Waals surface area contributed by atoms with E-state index in [1.807, 2.05) is 17.5 Å². The quantitative estimate of drug-likeness (QED) is 0.868. The summed E-state index contributed by atoms with van der Waals surface area (Å²) in [5, 5.41) is 8.08. The van der Waals surface area contributed by atoms with E-state index in [0.717, 1.165) is 28.3 Å². The van der Waals surface area contributed by atoms with Crippen molar-refractivity contribution in [2.24, 2.45) is 0 Å². The predicted molar refractivity (Wildman–Crippen MR) is 90.6 cm³/mol. The van der Waals surface area contributed by atoms with Crippen LogP contribution in [-0.4, -0.2) is 29.5 Å². The monoisotopic (exact) mass is 351 g/mol. The number of amides is 2. The molecule has 3 heterocycles. The fourth-order valence-corrected chi connectivity index (χ4v) is 3.93. The van der Waals surface area contributed by atoms with Crippen molar-refractivity contribution in [3.63, 3.8) is 0 Å². The Balaban J connectivity index is 1.62. The molecule has 0 unspecified atom stereocenters. The van der Waals surface area contributed by atoms with Gasteiger partial charge in [0.05, 0.1) is 17.1 Å². The number of hydrogen-bond acceptors (Lipinski definition) is 6. The highest BCUT2D eigenvalue weighted by atomic mass is 32.1. The number of ether oxygens (including phenoxy) is 1. The maximum Gasteiger partial charge on any atom is 0.255 e. The fourth-order valence-electron chi connectivity index (χ4n) is 2.24. The molecule has 2 aromatic heterocycles. The maximum atomic E-state index is 12.0. The molecule has 1 aliphatic rings. The summed E-state index contributed by atoms with van der Waals surface area (Å²) in [4.78, 5) is 29.5. The molecule has 122 valence electrons. The molecule has 2 N–H and O–H groups in total. The van der Waals surface area contributed by atoms with E-state index in [-0.39, 0.29) is 17.9 Å². The lowest BCUT2D eigenvalue weighted by molar-refractivity contribution is -0.124. The number of anilines is 1. The van der Waals surface area contributed by atoms with Crippen LogP contribution in [0.15, 0.2) is 17.5 Å². The zero-order valence-electron chi connectivity index (χ0n) is 12.6. The highest BCUT2D eigenvalue weighted by Gasteiger charge is 2.24. The Bertz CT molecular complexity index is 704. The van der Waals surface area contributed by atoms with Gasteiger partial charge in [0.2, 0.25) is 5.91 Å². The van der Waals surface area contributed by atoms with Crippen LogP contribution in [0.5, 0.6) is 0 Å². The van der Waals surface area contributed by atoms with E-state index in [0.29, 0.717) is 18.3 Å². The van der Waals surface area contributed by atoms with Crippen molar-refractivity contribution in [1.82, 2.24) is 10.3 Å². The Hall–Kier alpha value is -1.77. The van der Waals surface area contributed by atoms with Crippen molar-refractivity contribution >= 4 is 39.6 Å². The minimum absolute atomic E-state index is 0.0484. The summed E-state index contributed by atoms with van der Waals surface area (Å²) < 4.78 is 5.36. The third-order valence-electron chi connectivity index (χ3n) is 3.38. The van der Waals surface area contributed by atoms with E-state index in [2.05, 4.69) is 15.6 Å². The second-order valence-electron chi connectivity index (χ2n) is 5.20. The smallest absolute Gasteiger partial charge is 0.255 e. The van der Waals surface area contributed by atoms with Crippen LogP contribution in [0.4, 0.5) is 5.13 Å². The molecule has 1 atom stereocenters. The lowest BCUT2D eigenvalue weighted by Crippen LogP contribution is -2.26. The lowest BCUT2D eigenvalue weighted by Gasteiger charge is -2.07. The van der Waals surface area contributed by atoms with Crippen molar-refractivity contribution in [2.45, 2.75) is 32.4 Å². The Morgan fingerprint density at radius 2 is 2.30 bits per heavy atom. The number of thiophene rings is 1. The predicted octanol–water partition coefficient (Wildman–Crippen LogP) is 2.63. The van der Waals surface area contributed by atoms with Gasteiger partial charge in [-0.25, -0.2) is 4.98 Å². The van der Waals surface area contributed by atoms with E-state index < -0.39 is 0 Å². The Morgan fingerprint density at radius 3 is 3.04 bits per heavy atom. The number of nitrogens with zero attached hydrogens (tertiary/aromatic N) is 1. The molecular formula is C15H17N3O3S2. The van der Waals surface area contributed by atoms with Crippen molar-refractivity contribution in [2.75, 3.05) is 11.9 Å². The second kappa shape index (κ2) is 7.20. The van der Waals surface area contributed by atoms with E-state index in [4.69, 9.17) is 4.74 Å². The van der Waals surface area contributed by atoms with Crippen molar-refractivity contribution < 1.29 is 14.3 Å². The number of nitrogens with one attached hydrogen (secondary N) is 2. The fraction of sp³-hybridized carbons (Fsp3) is 0.400. The first-order valence-electron chi connectivity index (χ1n) is 7.33. The van der Waals surface area contributed by atoms with Gasteiger partial charge in [-0.05, 0) is 25.0 Å². The molecule has 2 amide bonds. The van der Waals surface area contributed by atoms with Crippen LogP contribution in [0.25, 0.3) is 10.6 Å². The average molecular weight is 351 g/mol. The van der Waals surface area contributed by atoms with Gasteiger partial charge in [0.1, 0.15) is 6.10 Å². The van der Waals surface area contributed by atoms with Crippen LogP contribution in [-0.2, 0) is 20.9 Å². The summed E-state index contributed by atoms with van der Waals surface area (Å²) in [5.41, 5.74) is 0.830. The van der Waals surface area contributed by atoms with Crippen LogP contribution in [0.2, 0.25) is 0 Å². The molecule has 0 saturated carbocycles. The maximum absolute atomic E-state index is 12.0. The molecule has 23 heavy (non-hydrogen) atoms. The van der Waals surface area contributed by atoms with E-state index >= 15 is 0 Å². The van der Waals surface area contributed by atoms with Gasteiger partial charge in [-0.2, -0.15) is 0 Å². The second-order valence-corrected chi connectivity index (χ2v) is 7.23. The van der Waals surface area contributed by atoms with Crippen molar-refractivity contribution in [3.8, 4) is 10.6 Å². The van der Waals surface area contributed by atoms with Gasteiger partial charge >= 0.3 is 0 Å². The van der Waals surface area contributed by atoms with Gasteiger partial charge in [-0.15, -0.1) is 22.7 Å². The van der Waals surface area contributed by atoms with Gasteiger partial charge in [-0.3, -0.25) is 14.9 Å². The molecule has 3 rings (SSSR count). The number of hydrogen-bond donors (Lipinski definition) is 2. The number of rotatable bonds is 5. The number of aromatic nitrogens is 1. The van der Waals surface area contributed by atoms with Gasteiger partial charge < -0.3 is 10.1 Å². The molecule has 1 saturated heterocycles. The van der Waals surface area contributed by atoms with E-state index in [1.54, 1.807) is 11.3 Å². The molecule has 2 aromatic rings. The Morgan fingerprint density at radius 1 is 1.43 bits per heavy atom. The molecule has 0 radical (unpaired) electrons. The average Bonchev–Trinajstić information content (AvgIpc) is 3.25. The van der Waals surface area contributed by atoms with Crippen molar-refractivity contribution in [3.05, 3.63) is 22.4 Å². The third-order valence-corrected chi connectivity index (χ3v) is 5.25. The normalized spacial score (nSPS) is 17.2. The highest BCUT2D eigenvalue weighted by molar-refractivity contribution is 7.17. The SMILES string of the molecule is CC(=O)NCc1ccc(-c2csc(NC(=O)[C@@H]3CCCO3)n2)s1. The van der Waals surface area contributed by atoms with Crippen molar-refractivity contribution in [1.29, 1.82) is 0 Å². The van der Waals surface area contributed by atoms with Gasteiger partial charge in [-0.1, -0.05) is 0 Å². The number of carbonyl (C=O) groups is 2. The van der Waals surface area contributed by atoms with Gasteiger partial charge in [0.25, 0.3) is 5.91 Å². The highest BCUT2D eigenvalue weighted by Crippen LogP contribution is 2.31. The van der Waals surface area contributed by atoms with Gasteiger partial charge in [0, 0.05) is 23.8 Å². The van der Waals surface area contributed by atoms with Crippen LogP contribution in [0, 0.1) is 0 Å². The molecule has 1 aliphatic heterocycles. The topological polar surface area (TPSA) is 80.3 Å². The van der Waals surface area contributed by atoms with Crippen LogP contribution in [0.3, 0.4) is 0 Å². The van der Waals surface area contributed by atoms with Crippen LogP contribution >= 0.6 is 22.7 Å². The van der Waals surface area contributed by atoms with E-state index in [1.165, 1.54) is 18.3 Å². The zero-order valence-corrected chi connectivity index (χ0v) is 14.3. The first-order chi connectivity index (χ1) is 11.1. The first kappa shape index (κ1) is 16.1. The summed E-state index contributed by atoms with van der Waals surface area (Å²) in [5.74, 6) is -0.173. The number of carbonyl (C=O) groups excluding carboxylic acids is 2. The summed E-state index contributed by atoms with van der Waals surface area (Å²) in [6, 6.07) is 3.95. The molecule has 0 spiro atoms. The standard InChI is InChI=1S/C15H17N3O3S2/c1-9(19)16-7-10-4-5-13(23-10)11-8-22-15(17-11)18-14(20)12-3-2-6-21-12/h4-5,8,12H,2-3,6-7H2,1H3,(H,16,19)(H,17,18,20)/t12-/m0/s1. The number of thiazole rings is 1. The summed E-state index contributed by atoms with van der Waals surface area (Å²) >= 11 is 2.97. The Kier molecular flexibility index (Phi) is 5.04. The molecule has 0 aromatic carbocycles. The zero-order chi connectivity index (χ0) is 16.2. The van der Waals surface area contributed by atoms with Gasteiger partial charge in [0.15, 0.2) is 5.13 Å². The third kappa shape index (κ3) is 4.15. The minimum Gasteiger partial charge on any atom is -0.368 e.